The minimum Gasteiger partial charge on any atom is -0.493 e. The summed E-state index contributed by atoms with van der Waals surface area (Å²) in [6, 6.07) is 21.1. The molecular weight excluding hydrogens is 326 g/mol. The Kier molecular flexibility index (Phi) is 4.35. The van der Waals surface area contributed by atoms with Crippen LogP contribution in [0, 0.1) is 5.92 Å². The molecule has 1 heterocycles. The summed E-state index contributed by atoms with van der Waals surface area (Å²) in [5, 5.41) is 12.1. The number of amides is 1. The number of nitrogens with zero attached hydrogens (tertiary/aromatic N) is 1. The van der Waals surface area contributed by atoms with Crippen LogP contribution in [-0.2, 0) is 0 Å². The van der Waals surface area contributed by atoms with Crippen LogP contribution in [0.25, 0.3) is 10.8 Å². The van der Waals surface area contributed by atoms with E-state index < -0.39 is 0 Å². The zero-order valence-electron chi connectivity index (χ0n) is 14.6. The Hall–Kier alpha value is -2.85. The molecule has 4 rings (SSSR count). The maximum absolute atomic E-state index is 13.1. The van der Waals surface area contributed by atoms with Crippen molar-refractivity contribution in [2.24, 2.45) is 5.92 Å². The number of ether oxygens (including phenoxy) is 1. The van der Waals surface area contributed by atoms with Gasteiger partial charge in [-0.1, -0.05) is 48.5 Å². The predicted octanol–water partition coefficient (Wildman–Crippen LogP) is 3.65. The molecule has 0 saturated carbocycles. The fraction of sp³-hybridized carbons (Fsp3) is 0.227. The third-order valence-electron chi connectivity index (χ3n) is 5.12. The average molecular weight is 347 g/mol. The molecule has 1 amide bonds. The van der Waals surface area contributed by atoms with E-state index in [0.717, 1.165) is 22.1 Å². The Morgan fingerprint density at radius 3 is 2.58 bits per heavy atom. The average Bonchev–Trinajstić information content (AvgIpc) is 2.72. The van der Waals surface area contributed by atoms with Crippen LogP contribution in [0.4, 0.5) is 0 Å². The molecule has 1 aliphatic heterocycles. The van der Waals surface area contributed by atoms with Crippen molar-refractivity contribution in [3.8, 4) is 5.75 Å². The molecule has 26 heavy (non-hydrogen) atoms. The highest BCUT2D eigenvalue weighted by molar-refractivity contribution is 5.95. The van der Waals surface area contributed by atoms with Gasteiger partial charge in [0.05, 0.1) is 19.3 Å². The number of rotatable bonds is 3. The standard InChI is InChI=1S/C22H21NO3/c1-23(22(25)16-8-3-2-4-9-16)21-17(13-24)14-26-19-12-11-15-7-5-6-10-18(15)20(19)21/h2-12,17,21,24H,13-14H2,1H3/t17-,21+/m1/s1. The van der Waals surface area contributed by atoms with Gasteiger partial charge in [-0.15, -0.1) is 0 Å². The molecule has 0 spiro atoms. The van der Waals surface area contributed by atoms with E-state index in [0.29, 0.717) is 12.2 Å². The third kappa shape index (κ3) is 2.72. The first-order valence-electron chi connectivity index (χ1n) is 8.78. The van der Waals surface area contributed by atoms with E-state index in [2.05, 4.69) is 0 Å². The fourth-order valence-corrected chi connectivity index (χ4v) is 3.80. The summed E-state index contributed by atoms with van der Waals surface area (Å²) < 4.78 is 5.90. The minimum absolute atomic E-state index is 0.0419. The molecule has 3 aromatic rings. The topological polar surface area (TPSA) is 49.8 Å². The first-order chi connectivity index (χ1) is 12.7. The molecule has 4 nitrogen and oxygen atoms in total. The number of hydrogen-bond acceptors (Lipinski definition) is 3. The van der Waals surface area contributed by atoms with Gasteiger partial charge >= 0.3 is 0 Å². The first kappa shape index (κ1) is 16.6. The van der Waals surface area contributed by atoms with E-state index in [1.807, 2.05) is 66.7 Å². The van der Waals surface area contributed by atoms with Crippen LogP contribution >= 0.6 is 0 Å². The summed E-state index contributed by atoms with van der Waals surface area (Å²) in [7, 11) is 1.81. The van der Waals surface area contributed by atoms with Gasteiger partial charge in [-0.3, -0.25) is 4.79 Å². The fourth-order valence-electron chi connectivity index (χ4n) is 3.80. The van der Waals surface area contributed by atoms with Crippen LogP contribution in [-0.4, -0.2) is 36.2 Å². The van der Waals surface area contributed by atoms with Crippen LogP contribution in [0.2, 0.25) is 0 Å². The number of carbonyl (C=O) groups is 1. The van der Waals surface area contributed by atoms with E-state index in [9.17, 15) is 9.90 Å². The maximum atomic E-state index is 13.1. The lowest BCUT2D eigenvalue weighted by atomic mass is 9.86. The predicted molar refractivity (Wildman–Crippen MR) is 101 cm³/mol. The molecule has 0 aliphatic carbocycles. The van der Waals surface area contributed by atoms with E-state index >= 15 is 0 Å². The normalized spacial score (nSPS) is 18.8. The van der Waals surface area contributed by atoms with Crippen LogP contribution < -0.4 is 4.74 Å². The largest absolute Gasteiger partial charge is 0.493 e. The van der Waals surface area contributed by atoms with Gasteiger partial charge in [0.15, 0.2) is 0 Å². The number of hydrogen-bond donors (Lipinski definition) is 1. The van der Waals surface area contributed by atoms with E-state index in [1.54, 1.807) is 11.9 Å². The van der Waals surface area contributed by atoms with E-state index in [1.165, 1.54) is 0 Å². The zero-order chi connectivity index (χ0) is 18.1. The second-order valence-corrected chi connectivity index (χ2v) is 6.68. The number of fused-ring (bicyclic) bond motifs is 3. The molecule has 4 heteroatoms. The second kappa shape index (κ2) is 6.81. The van der Waals surface area contributed by atoms with Crippen LogP contribution in [0.3, 0.4) is 0 Å². The molecule has 0 fully saturated rings. The lowest BCUT2D eigenvalue weighted by Crippen LogP contribution is -2.41. The van der Waals surface area contributed by atoms with Crippen LogP contribution in [0.5, 0.6) is 5.75 Å². The van der Waals surface area contributed by atoms with Gasteiger partial charge in [-0.2, -0.15) is 0 Å². The number of aliphatic hydroxyl groups excluding tert-OH is 1. The van der Waals surface area contributed by atoms with Crippen molar-refractivity contribution in [1.82, 2.24) is 4.90 Å². The Labute approximate surface area is 152 Å². The minimum atomic E-state index is -0.248. The van der Waals surface area contributed by atoms with Crippen molar-refractivity contribution in [1.29, 1.82) is 0 Å². The highest BCUT2D eigenvalue weighted by atomic mass is 16.5. The monoisotopic (exact) mass is 347 g/mol. The van der Waals surface area contributed by atoms with Gasteiger partial charge in [0.25, 0.3) is 5.91 Å². The smallest absolute Gasteiger partial charge is 0.254 e. The van der Waals surface area contributed by atoms with Crippen molar-refractivity contribution in [3.63, 3.8) is 0 Å². The van der Waals surface area contributed by atoms with Gasteiger partial charge in [0.2, 0.25) is 0 Å². The summed E-state index contributed by atoms with van der Waals surface area (Å²) in [5.41, 5.74) is 1.61. The third-order valence-corrected chi connectivity index (χ3v) is 5.12. The van der Waals surface area contributed by atoms with Gasteiger partial charge in [-0.25, -0.2) is 0 Å². The highest BCUT2D eigenvalue weighted by Gasteiger charge is 2.37. The Bertz CT molecular complexity index is 939. The SMILES string of the molecule is CN(C(=O)c1ccccc1)[C@@H]1c2c(ccc3ccccc23)OC[C@H]1CO. The van der Waals surface area contributed by atoms with Crippen molar-refractivity contribution in [2.45, 2.75) is 6.04 Å². The van der Waals surface area contributed by atoms with Gasteiger partial charge < -0.3 is 14.7 Å². The summed E-state index contributed by atoms with van der Waals surface area (Å²) in [4.78, 5) is 14.8. The second-order valence-electron chi connectivity index (χ2n) is 6.68. The quantitative estimate of drug-likeness (QED) is 0.787. The summed E-state index contributed by atoms with van der Waals surface area (Å²) in [6.07, 6.45) is 0. The molecule has 0 saturated heterocycles. The molecule has 0 unspecified atom stereocenters. The molecule has 1 aliphatic rings. The summed E-state index contributed by atoms with van der Waals surface area (Å²) >= 11 is 0. The van der Waals surface area contributed by atoms with Crippen molar-refractivity contribution >= 4 is 16.7 Å². The maximum Gasteiger partial charge on any atom is 0.254 e. The molecule has 0 radical (unpaired) electrons. The van der Waals surface area contributed by atoms with Gasteiger partial charge in [-0.05, 0) is 29.0 Å². The first-order valence-corrected chi connectivity index (χ1v) is 8.78. The van der Waals surface area contributed by atoms with E-state index in [4.69, 9.17) is 4.74 Å². The van der Waals surface area contributed by atoms with Crippen LogP contribution in [0.1, 0.15) is 22.0 Å². The van der Waals surface area contributed by atoms with Gasteiger partial charge in [0, 0.05) is 24.1 Å². The molecule has 0 bridgehead atoms. The van der Waals surface area contributed by atoms with Crippen molar-refractivity contribution in [2.75, 3.05) is 20.3 Å². The molecule has 2 atom stereocenters. The highest BCUT2D eigenvalue weighted by Crippen LogP contribution is 2.43. The summed E-state index contributed by atoms with van der Waals surface area (Å²) in [5.74, 6) is 0.548. The number of aliphatic hydroxyl groups is 1. The zero-order valence-corrected chi connectivity index (χ0v) is 14.6. The van der Waals surface area contributed by atoms with Crippen LogP contribution in [0.15, 0.2) is 66.7 Å². The van der Waals surface area contributed by atoms with E-state index in [-0.39, 0.29) is 24.5 Å². The summed E-state index contributed by atoms with van der Waals surface area (Å²) in [6.45, 7) is 0.346. The van der Waals surface area contributed by atoms with Gasteiger partial charge in [0.1, 0.15) is 5.75 Å². The lowest BCUT2D eigenvalue weighted by molar-refractivity contribution is 0.0435. The van der Waals surface area contributed by atoms with Crippen molar-refractivity contribution in [3.05, 3.63) is 77.9 Å². The molecule has 3 aromatic carbocycles. The molecular formula is C22H21NO3. The van der Waals surface area contributed by atoms with Crippen molar-refractivity contribution < 1.29 is 14.6 Å². The Morgan fingerprint density at radius 2 is 1.81 bits per heavy atom. The number of carbonyl (C=O) groups excluding carboxylic acids is 1. The Morgan fingerprint density at radius 1 is 1.08 bits per heavy atom. The molecule has 132 valence electrons. The molecule has 1 N–H and O–H groups in total. The molecule has 0 aromatic heterocycles. The number of benzene rings is 3. The lowest BCUT2D eigenvalue weighted by Gasteiger charge is -2.39. The Balaban J connectivity index is 1.84.